The van der Waals surface area contributed by atoms with Crippen LogP contribution in [0.25, 0.3) is 5.57 Å². The first-order valence-electron chi connectivity index (χ1n) is 9.25. The standard InChI is InChI=1S/C24H19Cl3N4/c25-19-10-4-16(5-11-19)22(17-6-12-20(26)13-7-17)2-1-3-23(30-31-24(28)29)18-8-14-21(27)15-9-18/h1-15H,(H4,28,29,31)/b3-1+,30-23+. The summed E-state index contributed by atoms with van der Waals surface area (Å²) in [5.41, 5.74) is 15.3. The molecule has 3 aromatic rings. The van der Waals surface area contributed by atoms with E-state index in [-0.39, 0.29) is 5.96 Å². The van der Waals surface area contributed by atoms with Crippen LogP contribution in [0.15, 0.2) is 101 Å². The lowest BCUT2D eigenvalue weighted by molar-refractivity contribution is 1.20. The second kappa shape index (κ2) is 10.8. The van der Waals surface area contributed by atoms with Crippen molar-refractivity contribution in [1.82, 2.24) is 0 Å². The molecule has 0 fully saturated rings. The van der Waals surface area contributed by atoms with Crippen molar-refractivity contribution in [1.29, 1.82) is 0 Å². The lowest BCUT2D eigenvalue weighted by Crippen LogP contribution is -2.22. The maximum Gasteiger partial charge on any atom is 0.211 e. The van der Waals surface area contributed by atoms with Gasteiger partial charge in [0.2, 0.25) is 5.96 Å². The molecule has 0 unspecified atom stereocenters. The van der Waals surface area contributed by atoms with Crippen molar-refractivity contribution in [3.05, 3.63) is 123 Å². The second-order valence-electron chi connectivity index (χ2n) is 6.47. The van der Waals surface area contributed by atoms with Crippen LogP contribution in [0.4, 0.5) is 0 Å². The molecule has 0 radical (unpaired) electrons. The molecule has 0 aromatic heterocycles. The van der Waals surface area contributed by atoms with E-state index in [4.69, 9.17) is 46.3 Å². The normalized spacial score (nSPS) is 11.4. The summed E-state index contributed by atoms with van der Waals surface area (Å²) in [6.45, 7) is 0. The minimum atomic E-state index is -0.126. The Morgan fingerprint density at radius 2 is 1.03 bits per heavy atom. The summed E-state index contributed by atoms with van der Waals surface area (Å²) in [5, 5.41) is 9.90. The number of hydrogen-bond acceptors (Lipinski definition) is 2. The molecule has 0 aliphatic heterocycles. The molecule has 0 amide bonds. The van der Waals surface area contributed by atoms with Crippen molar-refractivity contribution in [2.75, 3.05) is 0 Å². The van der Waals surface area contributed by atoms with E-state index in [9.17, 15) is 0 Å². The number of nitrogens with two attached hydrogens (primary N) is 2. The van der Waals surface area contributed by atoms with Gasteiger partial charge in [-0.1, -0.05) is 83.4 Å². The fourth-order valence-corrected chi connectivity index (χ4v) is 3.15. The van der Waals surface area contributed by atoms with Gasteiger partial charge in [-0.05, 0) is 59.2 Å². The van der Waals surface area contributed by atoms with Crippen molar-refractivity contribution in [2.24, 2.45) is 21.7 Å². The molecule has 0 heterocycles. The van der Waals surface area contributed by atoms with Crippen molar-refractivity contribution in [3.63, 3.8) is 0 Å². The summed E-state index contributed by atoms with van der Waals surface area (Å²) >= 11 is 18.1. The number of halogens is 3. The van der Waals surface area contributed by atoms with Crippen LogP contribution in [0.2, 0.25) is 15.1 Å². The lowest BCUT2D eigenvalue weighted by Gasteiger charge is -2.08. The van der Waals surface area contributed by atoms with Gasteiger partial charge in [-0.15, -0.1) is 10.2 Å². The van der Waals surface area contributed by atoms with E-state index in [0.29, 0.717) is 20.8 Å². The van der Waals surface area contributed by atoms with Crippen molar-refractivity contribution in [3.8, 4) is 0 Å². The third-order valence-electron chi connectivity index (χ3n) is 4.24. The van der Waals surface area contributed by atoms with Gasteiger partial charge in [0.1, 0.15) is 0 Å². The maximum absolute atomic E-state index is 6.06. The van der Waals surface area contributed by atoms with Crippen LogP contribution < -0.4 is 11.5 Å². The Balaban J connectivity index is 2.02. The first kappa shape index (κ1) is 22.6. The average Bonchev–Trinajstić information content (AvgIpc) is 2.76. The second-order valence-corrected chi connectivity index (χ2v) is 7.78. The van der Waals surface area contributed by atoms with E-state index in [0.717, 1.165) is 22.3 Å². The molecule has 4 nitrogen and oxygen atoms in total. The van der Waals surface area contributed by atoms with Crippen LogP contribution in [-0.2, 0) is 0 Å². The third-order valence-corrected chi connectivity index (χ3v) is 5.00. The molecule has 7 heteroatoms. The molecule has 0 saturated heterocycles. The monoisotopic (exact) mass is 468 g/mol. The molecule has 0 bridgehead atoms. The number of rotatable bonds is 6. The quantitative estimate of drug-likeness (QED) is 0.192. The Kier molecular flexibility index (Phi) is 7.90. The van der Waals surface area contributed by atoms with Crippen LogP contribution in [0, 0.1) is 0 Å². The molecule has 3 aromatic carbocycles. The van der Waals surface area contributed by atoms with E-state index in [1.165, 1.54) is 0 Å². The van der Waals surface area contributed by atoms with E-state index in [2.05, 4.69) is 10.2 Å². The first-order valence-corrected chi connectivity index (χ1v) is 10.4. The largest absolute Gasteiger partial charge is 0.369 e. The zero-order valence-electron chi connectivity index (χ0n) is 16.3. The van der Waals surface area contributed by atoms with E-state index in [1.54, 1.807) is 12.1 Å². The SMILES string of the molecule is NC(N)=N/N=C(\C=C\C=C(c1ccc(Cl)cc1)c1ccc(Cl)cc1)c1ccc(Cl)cc1. The van der Waals surface area contributed by atoms with Crippen LogP contribution in [0.1, 0.15) is 16.7 Å². The number of allylic oxidation sites excluding steroid dienone is 3. The highest BCUT2D eigenvalue weighted by Crippen LogP contribution is 2.26. The highest BCUT2D eigenvalue weighted by Gasteiger charge is 2.05. The summed E-state index contributed by atoms with van der Waals surface area (Å²) in [4.78, 5) is 0. The fourth-order valence-electron chi connectivity index (χ4n) is 2.77. The Morgan fingerprint density at radius 1 is 0.613 bits per heavy atom. The van der Waals surface area contributed by atoms with Gasteiger partial charge in [0, 0.05) is 20.6 Å². The molecule has 0 aliphatic carbocycles. The number of nitrogens with zero attached hydrogens (tertiary/aromatic N) is 2. The Morgan fingerprint density at radius 3 is 1.45 bits per heavy atom. The van der Waals surface area contributed by atoms with Gasteiger partial charge >= 0.3 is 0 Å². The summed E-state index contributed by atoms with van der Waals surface area (Å²) in [6, 6.07) is 22.5. The molecule has 4 N–H and O–H groups in total. The van der Waals surface area contributed by atoms with Gasteiger partial charge < -0.3 is 11.5 Å². The van der Waals surface area contributed by atoms with Gasteiger partial charge in [0.15, 0.2) is 0 Å². The Bertz CT molecular complexity index is 1090. The first-order chi connectivity index (χ1) is 14.9. The maximum atomic E-state index is 6.06. The minimum absolute atomic E-state index is 0.126. The summed E-state index contributed by atoms with van der Waals surface area (Å²) in [6.07, 6.45) is 5.68. The molecule has 0 aliphatic rings. The van der Waals surface area contributed by atoms with Crippen molar-refractivity contribution >= 4 is 52.0 Å². The van der Waals surface area contributed by atoms with Gasteiger partial charge in [-0.3, -0.25) is 0 Å². The van der Waals surface area contributed by atoms with Crippen LogP contribution >= 0.6 is 34.8 Å². The zero-order chi connectivity index (χ0) is 22.2. The summed E-state index contributed by atoms with van der Waals surface area (Å²) < 4.78 is 0. The van der Waals surface area contributed by atoms with Gasteiger partial charge in [0.05, 0.1) is 5.71 Å². The molecule has 3 rings (SSSR count). The van der Waals surface area contributed by atoms with E-state index < -0.39 is 0 Å². The molecule has 156 valence electrons. The molecule has 0 spiro atoms. The third kappa shape index (κ3) is 6.72. The Labute approximate surface area is 196 Å². The molecule has 0 saturated carbocycles. The number of guanidine groups is 1. The smallest absolute Gasteiger partial charge is 0.211 e. The summed E-state index contributed by atoms with van der Waals surface area (Å²) in [5.74, 6) is -0.126. The van der Waals surface area contributed by atoms with Crippen LogP contribution in [0.3, 0.4) is 0 Å². The predicted octanol–water partition coefficient (Wildman–Crippen LogP) is 6.31. The van der Waals surface area contributed by atoms with Gasteiger partial charge in [-0.2, -0.15) is 0 Å². The van der Waals surface area contributed by atoms with Crippen LogP contribution in [0.5, 0.6) is 0 Å². The van der Waals surface area contributed by atoms with E-state index in [1.807, 2.05) is 78.9 Å². The fraction of sp³-hybridized carbons (Fsp3) is 0. The highest BCUT2D eigenvalue weighted by atomic mass is 35.5. The number of benzene rings is 3. The number of hydrogen-bond donors (Lipinski definition) is 2. The molecule has 0 atom stereocenters. The predicted molar refractivity (Wildman–Crippen MR) is 133 cm³/mol. The van der Waals surface area contributed by atoms with E-state index >= 15 is 0 Å². The zero-order valence-corrected chi connectivity index (χ0v) is 18.6. The van der Waals surface area contributed by atoms with Crippen LogP contribution in [-0.4, -0.2) is 11.7 Å². The molecular weight excluding hydrogens is 451 g/mol. The lowest BCUT2D eigenvalue weighted by atomic mass is 9.97. The molecule has 31 heavy (non-hydrogen) atoms. The van der Waals surface area contributed by atoms with Gasteiger partial charge in [0.25, 0.3) is 0 Å². The average molecular weight is 470 g/mol. The Hall–Kier alpha value is -3.05. The summed E-state index contributed by atoms with van der Waals surface area (Å²) in [7, 11) is 0. The highest BCUT2D eigenvalue weighted by molar-refractivity contribution is 6.31. The minimum Gasteiger partial charge on any atom is -0.369 e. The molecular formula is C24H19Cl3N4. The van der Waals surface area contributed by atoms with Gasteiger partial charge in [-0.25, -0.2) is 0 Å². The van der Waals surface area contributed by atoms with Crippen molar-refractivity contribution < 1.29 is 0 Å². The van der Waals surface area contributed by atoms with Crippen molar-refractivity contribution in [2.45, 2.75) is 0 Å². The topological polar surface area (TPSA) is 76.8 Å².